The van der Waals surface area contributed by atoms with Crippen LogP contribution in [0, 0.1) is 5.41 Å². The molecule has 6 rings (SSSR count). The van der Waals surface area contributed by atoms with Gasteiger partial charge >= 0.3 is 0 Å². The average Bonchev–Trinajstić information content (AvgIpc) is 3.29. The minimum atomic E-state index is -0.776. The highest BCUT2D eigenvalue weighted by Gasteiger charge is 2.33. The van der Waals surface area contributed by atoms with Gasteiger partial charge in [0, 0.05) is 101 Å². The van der Waals surface area contributed by atoms with E-state index in [1.807, 2.05) is 19.9 Å². The first kappa shape index (κ1) is 48.0. The van der Waals surface area contributed by atoms with Gasteiger partial charge in [-0.2, -0.15) is 4.98 Å². The van der Waals surface area contributed by atoms with Crippen LogP contribution in [0.15, 0.2) is 42.7 Å². The molecule has 0 saturated carbocycles. The standard InChI is InChI=1S/C44H60N12O5.CH4O/c1-29(2)49-35-26-38(51-37-16-20-47-44(52-37)56-22-9-6-10-23-56)48-27-32(35)40(45)42(60)50-30-17-24-55(25-18-30)21-8-5-4-7-19-46-34-13-11-12-31(33(34)28-57)43(61)54(3)36-14-15-39(58)53-41(36)59;1-2/h11-13,16,20,26-30,36,45-46H,4-10,14-15,17-19,21-25H2,1-3H3,(H,50,60)(H,53,58,59)(H2,47,48,49,51,52);2H,1H3. The molecule has 1 atom stereocenters. The van der Waals surface area contributed by atoms with E-state index in [9.17, 15) is 24.0 Å². The number of hydrogen-bond donors (Lipinski definition) is 7. The smallest absolute Gasteiger partial charge is 0.270 e. The summed E-state index contributed by atoms with van der Waals surface area (Å²) in [6.07, 6.45) is 13.4. The van der Waals surface area contributed by atoms with Crippen molar-refractivity contribution in [3.63, 3.8) is 0 Å². The molecule has 18 nitrogen and oxygen atoms in total. The van der Waals surface area contributed by atoms with E-state index in [4.69, 9.17) is 15.5 Å². The number of carbonyl (C=O) groups excluding carboxylic acids is 5. The third-order valence-corrected chi connectivity index (χ3v) is 11.5. The van der Waals surface area contributed by atoms with Gasteiger partial charge in [-0.25, -0.2) is 9.97 Å². The van der Waals surface area contributed by atoms with E-state index in [0.29, 0.717) is 47.4 Å². The molecule has 7 N–H and O–H groups in total. The third kappa shape index (κ3) is 13.5. The summed E-state index contributed by atoms with van der Waals surface area (Å²) < 4.78 is 0. The zero-order chi connectivity index (χ0) is 45.3. The van der Waals surface area contributed by atoms with Crippen molar-refractivity contribution >= 4 is 64.6 Å². The van der Waals surface area contributed by atoms with Crippen molar-refractivity contribution in [2.45, 2.75) is 103 Å². The summed E-state index contributed by atoms with van der Waals surface area (Å²) in [6, 6.07) is 7.95. The van der Waals surface area contributed by atoms with E-state index in [0.717, 1.165) is 91.2 Å². The zero-order valence-corrected chi connectivity index (χ0v) is 37.0. The molecule has 2 aromatic heterocycles. The van der Waals surface area contributed by atoms with E-state index in [2.05, 4.69) is 46.4 Å². The van der Waals surface area contributed by atoms with Crippen LogP contribution in [0.1, 0.15) is 111 Å². The van der Waals surface area contributed by atoms with Gasteiger partial charge in [-0.05, 0) is 90.0 Å². The first-order valence-electron chi connectivity index (χ1n) is 22.1. The van der Waals surface area contributed by atoms with Gasteiger partial charge in [0.2, 0.25) is 17.8 Å². The van der Waals surface area contributed by atoms with E-state index >= 15 is 0 Å². The Kier molecular flexibility index (Phi) is 18.3. The summed E-state index contributed by atoms with van der Waals surface area (Å²) >= 11 is 0. The Morgan fingerprint density at radius 2 is 1.70 bits per heavy atom. The first-order chi connectivity index (χ1) is 30.5. The number of unbranched alkanes of at least 4 members (excludes halogenated alkanes) is 3. The highest BCUT2D eigenvalue weighted by molar-refractivity contribution is 6.45. The van der Waals surface area contributed by atoms with Crippen molar-refractivity contribution in [1.29, 1.82) is 5.41 Å². The number of likely N-dealkylation sites (tertiary alicyclic amines) is 1. The molecular weight excluding hydrogens is 805 g/mol. The van der Waals surface area contributed by atoms with Crippen LogP contribution in [-0.2, 0) is 14.4 Å². The maximum absolute atomic E-state index is 13.4. The van der Waals surface area contributed by atoms with Gasteiger partial charge in [0.05, 0.1) is 11.1 Å². The van der Waals surface area contributed by atoms with Crippen LogP contribution < -0.4 is 31.5 Å². The van der Waals surface area contributed by atoms with Gasteiger partial charge in [0.1, 0.15) is 23.4 Å². The fourth-order valence-corrected chi connectivity index (χ4v) is 8.08. The summed E-state index contributed by atoms with van der Waals surface area (Å²) in [5, 5.41) is 31.2. The molecular formula is C45H64N12O6. The molecule has 5 heterocycles. The van der Waals surface area contributed by atoms with Gasteiger partial charge in [-0.3, -0.25) is 34.7 Å². The Bertz CT molecular complexity index is 2050. The summed E-state index contributed by atoms with van der Waals surface area (Å²) in [6.45, 7) is 9.24. The van der Waals surface area contributed by atoms with Crippen molar-refractivity contribution in [2.24, 2.45) is 0 Å². The average molecular weight is 869 g/mol. The van der Waals surface area contributed by atoms with Crippen molar-refractivity contribution in [3.8, 4) is 0 Å². The number of nitrogens with zero attached hydrogens (tertiary/aromatic N) is 6. The molecule has 3 saturated heterocycles. The maximum Gasteiger partial charge on any atom is 0.270 e. The summed E-state index contributed by atoms with van der Waals surface area (Å²) in [4.78, 5) is 82.3. The monoisotopic (exact) mass is 869 g/mol. The van der Waals surface area contributed by atoms with Crippen molar-refractivity contribution < 1.29 is 29.1 Å². The summed E-state index contributed by atoms with van der Waals surface area (Å²) in [5.74, 6) is 0.139. The number of anilines is 5. The highest BCUT2D eigenvalue weighted by Crippen LogP contribution is 2.25. The van der Waals surface area contributed by atoms with Crippen LogP contribution in [0.5, 0.6) is 0 Å². The van der Waals surface area contributed by atoms with Crippen LogP contribution in [0.3, 0.4) is 0 Å². The van der Waals surface area contributed by atoms with Gasteiger partial charge < -0.3 is 41.1 Å². The number of nitrogens with one attached hydrogen (secondary N) is 6. The second kappa shape index (κ2) is 24.0. The minimum absolute atomic E-state index is 0.0136. The van der Waals surface area contributed by atoms with Crippen LogP contribution >= 0.6 is 0 Å². The number of hydrogen-bond acceptors (Lipinski definition) is 15. The van der Waals surface area contributed by atoms with Gasteiger partial charge in [0.15, 0.2) is 6.29 Å². The number of imide groups is 1. The molecule has 3 aliphatic heterocycles. The fraction of sp³-hybridized carbons (Fsp3) is 0.533. The number of carbonyl (C=O) groups is 5. The molecule has 1 aromatic carbocycles. The summed E-state index contributed by atoms with van der Waals surface area (Å²) in [7, 11) is 2.51. The second-order valence-corrected chi connectivity index (χ2v) is 16.4. The predicted octanol–water partition coefficient (Wildman–Crippen LogP) is 4.34. The molecule has 18 heteroatoms. The molecule has 3 aliphatic rings. The number of likely N-dealkylation sites (N-methyl/N-ethyl adjacent to an activating group) is 1. The number of amides is 4. The lowest BCUT2D eigenvalue weighted by Gasteiger charge is -2.32. The Labute approximate surface area is 369 Å². The molecule has 63 heavy (non-hydrogen) atoms. The zero-order valence-electron chi connectivity index (χ0n) is 37.0. The lowest BCUT2D eigenvalue weighted by molar-refractivity contribution is -0.136. The van der Waals surface area contributed by atoms with E-state index in [1.54, 1.807) is 36.7 Å². The molecule has 4 amide bonds. The number of piperidine rings is 3. The number of pyridine rings is 1. The highest BCUT2D eigenvalue weighted by atomic mass is 16.2. The van der Waals surface area contributed by atoms with Crippen molar-refractivity contribution in [3.05, 3.63) is 59.4 Å². The molecule has 1 unspecified atom stereocenters. The number of aldehydes is 1. The Morgan fingerprint density at radius 1 is 0.952 bits per heavy atom. The lowest BCUT2D eigenvalue weighted by Crippen LogP contribution is -2.53. The Balaban J connectivity index is 0.00000369. The van der Waals surface area contributed by atoms with E-state index in [-0.39, 0.29) is 47.7 Å². The molecule has 3 fully saturated rings. The maximum atomic E-state index is 13.4. The molecule has 0 aliphatic carbocycles. The molecule has 0 spiro atoms. The molecule has 0 bridgehead atoms. The van der Waals surface area contributed by atoms with Gasteiger partial charge in [-0.15, -0.1) is 0 Å². The quantitative estimate of drug-likeness (QED) is 0.0384. The van der Waals surface area contributed by atoms with Crippen molar-refractivity contribution in [2.75, 3.05) is 74.3 Å². The van der Waals surface area contributed by atoms with Crippen LogP contribution in [0.4, 0.5) is 29.0 Å². The third-order valence-electron chi connectivity index (χ3n) is 11.5. The number of rotatable bonds is 19. The SMILES string of the molecule is CC(C)Nc1cc(Nc2ccnc(N3CCCCC3)n2)ncc1C(=N)C(=O)NC1CCN(CCCCCCNc2cccc(C(=O)N(C)C3CCC(=O)NC3=O)c2C=O)CC1.CO. The van der Waals surface area contributed by atoms with Gasteiger partial charge in [-0.1, -0.05) is 18.9 Å². The van der Waals surface area contributed by atoms with E-state index < -0.39 is 23.8 Å². The van der Waals surface area contributed by atoms with Crippen LogP contribution in [0.25, 0.3) is 0 Å². The predicted molar refractivity (Wildman–Crippen MR) is 244 cm³/mol. The lowest BCUT2D eigenvalue weighted by atomic mass is 10.0. The molecule has 340 valence electrons. The number of aliphatic hydroxyl groups is 1. The number of aromatic nitrogens is 3. The molecule has 3 aromatic rings. The Hall–Kier alpha value is -6.01. The topological polar surface area (TPSA) is 238 Å². The van der Waals surface area contributed by atoms with E-state index in [1.165, 1.54) is 18.4 Å². The van der Waals surface area contributed by atoms with Crippen molar-refractivity contribution in [1.82, 2.24) is 35.4 Å². The Morgan fingerprint density at radius 3 is 2.41 bits per heavy atom. The first-order valence-corrected chi connectivity index (χ1v) is 22.1. The number of benzene rings is 1. The molecule has 0 radical (unpaired) electrons. The minimum Gasteiger partial charge on any atom is -0.400 e. The second-order valence-electron chi connectivity index (χ2n) is 16.4. The van der Waals surface area contributed by atoms with Gasteiger partial charge in [0.25, 0.3) is 11.8 Å². The number of aliphatic hydroxyl groups excluding tert-OH is 1. The fourth-order valence-electron chi connectivity index (χ4n) is 8.08. The van der Waals surface area contributed by atoms with Crippen LogP contribution in [-0.4, -0.2) is 137 Å². The normalized spacial score (nSPS) is 16.9. The van der Waals surface area contributed by atoms with Crippen LogP contribution in [0.2, 0.25) is 0 Å². The largest absolute Gasteiger partial charge is 0.400 e. The summed E-state index contributed by atoms with van der Waals surface area (Å²) in [5.41, 5.74) is 1.97.